The van der Waals surface area contributed by atoms with Crippen molar-refractivity contribution in [3.05, 3.63) is 52.3 Å². The lowest BCUT2D eigenvalue weighted by Gasteiger charge is -2.09. The van der Waals surface area contributed by atoms with Crippen LogP contribution in [0.15, 0.2) is 24.4 Å². The zero-order valence-electron chi connectivity index (χ0n) is 12.0. The van der Waals surface area contributed by atoms with Gasteiger partial charge >= 0.3 is 6.18 Å². The number of hydrogen-bond donors (Lipinski definition) is 1. The Bertz CT molecular complexity index is 704. The average molecular weight is 345 g/mol. The van der Waals surface area contributed by atoms with Crippen LogP contribution in [0.5, 0.6) is 0 Å². The van der Waals surface area contributed by atoms with Gasteiger partial charge in [0.1, 0.15) is 17.2 Å². The molecular formula is C14H12ClF3N4O. The molecule has 2 aromatic heterocycles. The van der Waals surface area contributed by atoms with Crippen molar-refractivity contribution in [1.82, 2.24) is 20.3 Å². The first kappa shape index (κ1) is 17.1. The van der Waals surface area contributed by atoms with Crippen LogP contribution in [0.4, 0.5) is 13.2 Å². The molecule has 23 heavy (non-hydrogen) atoms. The van der Waals surface area contributed by atoms with E-state index in [1.165, 1.54) is 25.3 Å². The van der Waals surface area contributed by atoms with Crippen molar-refractivity contribution < 1.29 is 18.0 Å². The summed E-state index contributed by atoms with van der Waals surface area (Å²) in [4.78, 5) is 23.0. The summed E-state index contributed by atoms with van der Waals surface area (Å²) in [6.07, 6.45) is -3.13. The van der Waals surface area contributed by atoms with Crippen molar-refractivity contribution >= 4 is 17.5 Å². The highest BCUT2D eigenvalue weighted by atomic mass is 35.5. The molecule has 2 heterocycles. The van der Waals surface area contributed by atoms with Crippen molar-refractivity contribution in [3.8, 4) is 0 Å². The fourth-order valence-electron chi connectivity index (χ4n) is 1.78. The molecule has 122 valence electrons. The van der Waals surface area contributed by atoms with Gasteiger partial charge in [-0.25, -0.2) is 15.0 Å². The van der Waals surface area contributed by atoms with Gasteiger partial charge < -0.3 is 5.32 Å². The van der Waals surface area contributed by atoms with Crippen LogP contribution in [0.2, 0.25) is 5.02 Å². The number of alkyl halides is 3. The SMILES string of the molecule is Cc1cc(C(F)(F)F)nc(CCNC(=O)c2ccc(Cl)cn2)n1. The maximum Gasteiger partial charge on any atom is 0.433 e. The number of hydrogen-bond acceptors (Lipinski definition) is 4. The first-order valence-electron chi connectivity index (χ1n) is 6.57. The third kappa shape index (κ3) is 4.88. The molecule has 0 aliphatic rings. The largest absolute Gasteiger partial charge is 0.433 e. The molecule has 1 amide bonds. The summed E-state index contributed by atoms with van der Waals surface area (Å²) in [5, 5.41) is 2.94. The maximum absolute atomic E-state index is 12.7. The fourth-order valence-corrected chi connectivity index (χ4v) is 1.89. The van der Waals surface area contributed by atoms with Crippen LogP contribution in [0.3, 0.4) is 0 Å². The molecule has 0 spiro atoms. The van der Waals surface area contributed by atoms with Crippen molar-refractivity contribution in [1.29, 1.82) is 0 Å². The Labute approximate surface area is 134 Å². The second-order valence-electron chi connectivity index (χ2n) is 4.68. The summed E-state index contributed by atoms with van der Waals surface area (Å²) in [6.45, 7) is 1.54. The van der Waals surface area contributed by atoms with Gasteiger partial charge in [-0.3, -0.25) is 4.79 Å². The van der Waals surface area contributed by atoms with E-state index in [2.05, 4.69) is 20.3 Å². The van der Waals surface area contributed by atoms with Crippen molar-refractivity contribution in [3.63, 3.8) is 0 Å². The normalized spacial score (nSPS) is 11.3. The minimum absolute atomic E-state index is 0.0155. The second kappa shape index (κ2) is 6.91. The first-order valence-corrected chi connectivity index (χ1v) is 6.95. The highest BCUT2D eigenvalue weighted by Crippen LogP contribution is 2.27. The van der Waals surface area contributed by atoms with Crippen molar-refractivity contribution in [2.45, 2.75) is 19.5 Å². The Morgan fingerprint density at radius 1 is 1.30 bits per heavy atom. The van der Waals surface area contributed by atoms with E-state index in [4.69, 9.17) is 11.6 Å². The van der Waals surface area contributed by atoms with Crippen LogP contribution in [-0.4, -0.2) is 27.4 Å². The summed E-state index contributed by atoms with van der Waals surface area (Å²) in [5.74, 6) is -0.438. The Morgan fingerprint density at radius 2 is 2.04 bits per heavy atom. The van der Waals surface area contributed by atoms with Crippen molar-refractivity contribution in [2.24, 2.45) is 0 Å². The van der Waals surface area contributed by atoms with Crippen LogP contribution in [0.1, 0.15) is 27.7 Å². The number of aryl methyl sites for hydroxylation is 1. The predicted octanol–water partition coefficient (Wildman–Crippen LogP) is 2.82. The lowest BCUT2D eigenvalue weighted by atomic mass is 10.3. The fraction of sp³-hybridized carbons (Fsp3) is 0.286. The Morgan fingerprint density at radius 3 is 2.65 bits per heavy atom. The second-order valence-corrected chi connectivity index (χ2v) is 5.11. The van der Waals surface area contributed by atoms with Crippen LogP contribution in [0.25, 0.3) is 0 Å². The molecule has 0 unspecified atom stereocenters. The van der Waals surface area contributed by atoms with E-state index in [9.17, 15) is 18.0 Å². The van der Waals surface area contributed by atoms with Crippen LogP contribution >= 0.6 is 11.6 Å². The number of aromatic nitrogens is 3. The van der Waals surface area contributed by atoms with Gasteiger partial charge in [0.05, 0.1) is 5.02 Å². The standard InChI is InChI=1S/C14H12ClF3N4O/c1-8-6-11(14(16,17)18)22-12(21-8)4-5-19-13(23)10-3-2-9(15)7-20-10/h2-3,6-7H,4-5H2,1H3,(H,19,23). The van der Waals surface area contributed by atoms with E-state index < -0.39 is 17.8 Å². The lowest BCUT2D eigenvalue weighted by Crippen LogP contribution is -2.27. The number of pyridine rings is 1. The van der Waals surface area contributed by atoms with Crippen LogP contribution in [-0.2, 0) is 12.6 Å². The average Bonchev–Trinajstić information content (AvgIpc) is 2.46. The highest BCUT2D eigenvalue weighted by Gasteiger charge is 2.33. The maximum atomic E-state index is 12.7. The van der Waals surface area contributed by atoms with Gasteiger partial charge in [0.2, 0.25) is 0 Å². The zero-order chi connectivity index (χ0) is 17.0. The monoisotopic (exact) mass is 344 g/mol. The number of amides is 1. The topological polar surface area (TPSA) is 67.8 Å². The molecule has 0 aliphatic carbocycles. The molecule has 0 bridgehead atoms. The minimum Gasteiger partial charge on any atom is -0.350 e. The summed E-state index contributed by atoms with van der Waals surface area (Å²) in [6, 6.07) is 3.84. The van der Waals surface area contributed by atoms with E-state index in [1.807, 2.05) is 0 Å². The molecule has 0 radical (unpaired) electrons. The molecule has 0 atom stereocenters. The van der Waals surface area contributed by atoms with Gasteiger partial charge in [0.15, 0.2) is 0 Å². The van der Waals surface area contributed by atoms with E-state index in [0.717, 1.165) is 6.07 Å². The van der Waals surface area contributed by atoms with E-state index >= 15 is 0 Å². The molecule has 9 heteroatoms. The third-order valence-corrected chi connectivity index (χ3v) is 3.01. The summed E-state index contributed by atoms with van der Waals surface area (Å²) < 4.78 is 38.0. The van der Waals surface area contributed by atoms with Crippen LogP contribution in [0, 0.1) is 6.92 Å². The smallest absolute Gasteiger partial charge is 0.350 e. The van der Waals surface area contributed by atoms with Gasteiger partial charge in [-0.2, -0.15) is 13.2 Å². The number of nitrogens with zero attached hydrogens (tertiary/aromatic N) is 3. The third-order valence-electron chi connectivity index (χ3n) is 2.79. The summed E-state index contributed by atoms with van der Waals surface area (Å²) in [7, 11) is 0. The lowest BCUT2D eigenvalue weighted by molar-refractivity contribution is -0.141. The Hall–Kier alpha value is -2.22. The summed E-state index contributed by atoms with van der Waals surface area (Å²) in [5.41, 5.74) is -0.616. The number of rotatable bonds is 4. The molecule has 2 aromatic rings. The molecule has 0 saturated heterocycles. The number of nitrogens with one attached hydrogen (secondary N) is 1. The van der Waals surface area contributed by atoms with E-state index in [0.29, 0.717) is 5.02 Å². The molecule has 0 aromatic carbocycles. The number of carbonyl (C=O) groups excluding carboxylic acids is 1. The Balaban J connectivity index is 1.97. The van der Waals surface area contributed by atoms with Crippen LogP contribution < -0.4 is 5.32 Å². The quantitative estimate of drug-likeness (QED) is 0.926. The molecular weight excluding hydrogens is 333 g/mol. The number of halogens is 4. The van der Waals surface area contributed by atoms with Gasteiger partial charge in [-0.15, -0.1) is 0 Å². The van der Waals surface area contributed by atoms with Gasteiger partial charge in [0, 0.05) is 24.9 Å². The number of carbonyl (C=O) groups is 1. The zero-order valence-corrected chi connectivity index (χ0v) is 12.7. The summed E-state index contributed by atoms with van der Waals surface area (Å²) >= 11 is 5.66. The Kier molecular flexibility index (Phi) is 5.15. The van der Waals surface area contributed by atoms with E-state index in [-0.39, 0.29) is 30.2 Å². The van der Waals surface area contributed by atoms with Gasteiger partial charge in [-0.05, 0) is 25.1 Å². The molecule has 0 saturated carbocycles. The first-order chi connectivity index (χ1) is 10.8. The van der Waals surface area contributed by atoms with Gasteiger partial charge in [-0.1, -0.05) is 11.6 Å². The van der Waals surface area contributed by atoms with Crippen molar-refractivity contribution in [2.75, 3.05) is 6.54 Å². The molecule has 2 rings (SSSR count). The highest BCUT2D eigenvalue weighted by molar-refractivity contribution is 6.30. The predicted molar refractivity (Wildman–Crippen MR) is 77.1 cm³/mol. The minimum atomic E-state index is -4.53. The van der Waals surface area contributed by atoms with E-state index in [1.54, 1.807) is 0 Å². The molecule has 5 nitrogen and oxygen atoms in total. The van der Waals surface area contributed by atoms with Gasteiger partial charge in [0.25, 0.3) is 5.91 Å². The molecule has 0 aliphatic heterocycles. The molecule has 1 N–H and O–H groups in total. The molecule has 0 fully saturated rings.